The summed E-state index contributed by atoms with van der Waals surface area (Å²) < 4.78 is 0.959. The van der Waals surface area contributed by atoms with E-state index in [4.69, 9.17) is 4.84 Å². The Bertz CT molecular complexity index is 637. The van der Waals surface area contributed by atoms with Gasteiger partial charge in [-0.3, -0.25) is 4.79 Å². The third-order valence-corrected chi connectivity index (χ3v) is 3.52. The average molecular weight is 361 g/mol. The fourth-order valence-corrected chi connectivity index (χ4v) is 2.03. The first-order valence-electron chi connectivity index (χ1n) is 6.97. The number of carbonyl (C=O) groups excluding carboxylic acids is 1. The molecule has 4 nitrogen and oxygen atoms in total. The third kappa shape index (κ3) is 5.33. The van der Waals surface area contributed by atoms with Crippen molar-refractivity contribution in [3.8, 4) is 0 Å². The second-order valence-electron chi connectivity index (χ2n) is 4.66. The standard InChI is InChI=1S/C17H17BrN2O2/c1-2-13-3-5-14(6-4-13)11-19-22-12-17(21)20-16-9-7-15(18)8-10-16/h3-11H,2,12H2,1H3,(H,20,21)/b19-11-. The fourth-order valence-electron chi connectivity index (χ4n) is 1.76. The summed E-state index contributed by atoms with van der Waals surface area (Å²) in [5.41, 5.74) is 2.92. The van der Waals surface area contributed by atoms with Crippen LogP contribution in [0.25, 0.3) is 0 Å². The maximum absolute atomic E-state index is 11.7. The van der Waals surface area contributed by atoms with E-state index in [9.17, 15) is 4.79 Å². The van der Waals surface area contributed by atoms with Gasteiger partial charge in [0.2, 0.25) is 0 Å². The van der Waals surface area contributed by atoms with Crippen LogP contribution in [0.4, 0.5) is 5.69 Å². The summed E-state index contributed by atoms with van der Waals surface area (Å²) >= 11 is 3.34. The van der Waals surface area contributed by atoms with E-state index in [1.807, 2.05) is 36.4 Å². The molecule has 0 aromatic heterocycles. The van der Waals surface area contributed by atoms with Gasteiger partial charge < -0.3 is 10.2 Å². The molecule has 22 heavy (non-hydrogen) atoms. The van der Waals surface area contributed by atoms with Gasteiger partial charge in [0.15, 0.2) is 6.61 Å². The van der Waals surface area contributed by atoms with Crippen LogP contribution >= 0.6 is 15.9 Å². The number of anilines is 1. The van der Waals surface area contributed by atoms with Crippen LogP contribution in [-0.2, 0) is 16.1 Å². The number of aryl methyl sites for hydroxylation is 1. The number of oxime groups is 1. The zero-order valence-corrected chi connectivity index (χ0v) is 13.8. The molecular formula is C17H17BrN2O2. The molecule has 0 spiro atoms. The Hall–Kier alpha value is -2.14. The first-order chi connectivity index (χ1) is 10.7. The lowest BCUT2D eigenvalue weighted by Crippen LogP contribution is -2.16. The highest BCUT2D eigenvalue weighted by molar-refractivity contribution is 9.10. The van der Waals surface area contributed by atoms with Crippen molar-refractivity contribution in [3.05, 3.63) is 64.1 Å². The summed E-state index contributed by atoms with van der Waals surface area (Å²) in [4.78, 5) is 16.7. The smallest absolute Gasteiger partial charge is 0.265 e. The van der Waals surface area contributed by atoms with E-state index >= 15 is 0 Å². The number of nitrogens with one attached hydrogen (secondary N) is 1. The molecule has 0 bridgehead atoms. The van der Waals surface area contributed by atoms with E-state index in [0.717, 1.165) is 22.1 Å². The Balaban J connectivity index is 1.76. The van der Waals surface area contributed by atoms with Crippen molar-refractivity contribution in [3.63, 3.8) is 0 Å². The Morgan fingerprint density at radius 3 is 2.50 bits per heavy atom. The van der Waals surface area contributed by atoms with Gasteiger partial charge in [-0.2, -0.15) is 0 Å². The van der Waals surface area contributed by atoms with Gasteiger partial charge in [-0.1, -0.05) is 52.3 Å². The van der Waals surface area contributed by atoms with Crippen LogP contribution in [0.5, 0.6) is 0 Å². The van der Waals surface area contributed by atoms with Crippen molar-refractivity contribution in [1.29, 1.82) is 0 Å². The number of rotatable bonds is 6. The second kappa shape index (κ2) is 8.34. The van der Waals surface area contributed by atoms with E-state index in [-0.39, 0.29) is 12.5 Å². The van der Waals surface area contributed by atoms with Crippen LogP contribution in [0.3, 0.4) is 0 Å². The van der Waals surface area contributed by atoms with Gasteiger partial charge in [-0.15, -0.1) is 0 Å². The first-order valence-corrected chi connectivity index (χ1v) is 7.76. The minimum absolute atomic E-state index is 0.125. The van der Waals surface area contributed by atoms with Crippen LogP contribution in [-0.4, -0.2) is 18.7 Å². The molecule has 2 rings (SSSR count). The van der Waals surface area contributed by atoms with E-state index in [0.29, 0.717) is 0 Å². The van der Waals surface area contributed by atoms with E-state index in [1.54, 1.807) is 18.3 Å². The maximum Gasteiger partial charge on any atom is 0.265 e. The fraction of sp³-hybridized carbons (Fsp3) is 0.176. The number of nitrogens with zero attached hydrogens (tertiary/aromatic N) is 1. The van der Waals surface area contributed by atoms with Crippen molar-refractivity contribution in [2.24, 2.45) is 5.16 Å². The largest absolute Gasteiger partial charge is 0.386 e. The topological polar surface area (TPSA) is 50.7 Å². The molecule has 0 radical (unpaired) electrons. The Morgan fingerprint density at radius 1 is 1.18 bits per heavy atom. The maximum atomic E-state index is 11.7. The van der Waals surface area contributed by atoms with Crippen LogP contribution in [0.1, 0.15) is 18.1 Å². The lowest BCUT2D eigenvalue weighted by Gasteiger charge is -2.04. The van der Waals surface area contributed by atoms with E-state index in [2.05, 4.69) is 33.3 Å². The molecular weight excluding hydrogens is 344 g/mol. The zero-order chi connectivity index (χ0) is 15.8. The number of benzene rings is 2. The van der Waals surface area contributed by atoms with Crippen molar-refractivity contribution in [1.82, 2.24) is 0 Å². The van der Waals surface area contributed by atoms with Gasteiger partial charge in [0.1, 0.15) is 0 Å². The van der Waals surface area contributed by atoms with Crippen LogP contribution in [0, 0.1) is 0 Å². The molecule has 2 aromatic carbocycles. The zero-order valence-electron chi connectivity index (χ0n) is 12.3. The predicted molar refractivity (Wildman–Crippen MR) is 92.1 cm³/mol. The minimum Gasteiger partial charge on any atom is -0.386 e. The van der Waals surface area contributed by atoms with Gasteiger partial charge in [-0.05, 0) is 41.8 Å². The van der Waals surface area contributed by atoms with E-state index < -0.39 is 0 Å². The third-order valence-electron chi connectivity index (χ3n) is 2.99. The molecule has 114 valence electrons. The second-order valence-corrected chi connectivity index (χ2v) is 5.57. The van der Waals surface area contributed by atoms with Crippen LogP contribution < -0.4 is 5.32 Å². The summed E-state index contributed by atoms with van der Waals surface area (Å²) in [7, 11) is 0. The molecule has 5 heteroatoms. The molecule has 2 aromatic rings. The number of hydrogen-bond acceptors (Lipinski definition) is 3. The molecule has 0 heterocycles. The van der Waals surface area contributed by atoms with Crippen molar-refractivity contribution >= 4 is 33.7 Å². The summed E-state index contributed by atoms with van der Waals surface area (Å²) in [6.45, 7) is 1.98. The normalized spacial score (nSPS) is 10.6. The minimum atomic E-state index is -0.249. The predicted octanol–water partition coefficient (Wildman–Crippen LogP) is 4.00. The molecule has 0 fully saturated rings. The highest BCUT2D eigenvalue weighted by atomic mass is 79.9. The van der Waals surface area contributed by atoms with Gasteiger partial charge in [0.05, 0.1) is 6.21 Å². The summed E-state index contributed by atoms with van der Waals surface area (Å²) in [5, 5.41) is 6.52. The molecule has 1 amide bonds. The summed E-state index contributed by atoms with van der Waals surface area (Å²) in [5.74, 6) is -0.249. The summed E-state index contributed by atoms with van der Waals surface area (Å²) in [6.07, 6.45) is 2.59. The van der Waals surface area contributed by atoms with E-state index in [1.165, 1.54) is 5.56 Å². The van der Waals surface area contributed by atoms with Gasteiger partial charge in [-0.25, -0.2) is 0 Å². The highest BCUT2D eigenvalue weighted by Gasteiger charge is 2.02. The molecule has 0 aliphatic rings. The number of amides is 1. The number of hydrogen-bond donors (Lipinski definition) is 1. The molecule has 0 aliphatic heterocycles. The molecule has 1 N–H and O–H groups in total. The van der Waals surface area contributed by atoms with Gasteiger partial charge in [0.25, 0.3) is 5.91 Å². The van der Waals surface area contributed by atoms with Crippen molar-refractivity contribution < 1.29 is 9.63 Å². The van der Waals surface area contributed by atoms with Gasteiger partial charge in [0, 0.05) is 10.2 Å². The Morgan fingerprint density at radius 2 is 1.86 bits per heavy atom. The van der Waals surface area contributed by atoms with Crippen molar-refractivity contribution in [2.75, 3.05) is 11.9 Å². The monoisotopic (exact) mass is 360 g/mol. The number of halogens is 1. The Labute approximate surface area is 138 Å². The number of carbonyl (C=O) groups is 1. The lowest BCUT2D eigenvalue weighted by atomic mass is 10.1. The molecule has 0 unspecified atom stereocenters. The molecule has 0 atom stereocenters. The average Bonchev–Trinajstić information content (AvgIpc) is 2.54. The first kappa shape index (κ1) is 16.2. The molecule has 0 aliphatic carbocycles. The Kier molecular flexibility index (Phi) is 6.15. The summed E-state index contributed by atoms with van der Waals surface area (Å²) in [6, 6.07) is 15.3. The van der Waals surface area contributed by atoms with Crippen LogP contribution in [0.2, 0.25) is 0 Å². The van der Waals surface area contributed by atoms with Crippen molar-refractivity contribution in [2.45, 2.75) is 13.3 Å². The lowest BCUT2D eigenvalue weighted by molar-refractivity contribution is -0.120. The van der Waals surface area contributed by atoms with Gasteiger partial charge >= 0.3 is 0 Å². The quantitative estimate of drug-likeness (QED) is 0.625. The SMILES string of the molecule is CCc1ccc(/C=N\OCC(=O)Nc2ccc(Br)cc2)cc1. The molecule has 0 saturated heterocycles. The van der Waals surface area contributed by atoms with Crippen LogP contribution in [0.15, 0.2) is 58.2 Å². The highest BCUT2D eigenvalue weighted by Crippen LogP contribution is 2.13. The molecule has 0 saturated carbocycles.